The fraction of sp³-hybridized carbons (Fsp3) is 0.250. The number of para-hydroxylation sites is 2. The zero-order valence-electron chi connectivity index (χ0n) is 9.23. The van der Waals surface area contributed by atoms with Gasteiger partial charge in [0.05, 0.1) is 22.1 Å². The van der Waals surface area contributed by atoms with Gasteiger partial charge in [-0.25, -0.2) is 4.98 Å². The molecule has 84 valence electrons. The van der Waals surface area contributed by atoms with Crippen LogP contribution in [0.1, 0.15) is 10.7 Å². The zero-order valence-corrected chi connectivity index (χ0v) is 10.1. The van der Waals surface area contributed by atoms with Crippen LogP contribution < -0.4 is 11.1 Å². The SMILES string of the molecule is Cc1nc(CCNc2ccccc2N)cs1. The highest BCUT2D eigenvalue weighted by molar-refractivity contribution is 7.09. The molecule has 1 heterocycles. The Bertz CT molecular complexity index is 465. The van der Waals surface area contributed by atoms with E-state index in [0.29, 0.717) is 0 Å². The summed E-state index contributed by atoms with van der Waals surface area (Å²) in [6.45, 7) is 2.88. The highest BCUT2D eigenvalue weighted by Crippen LogP contribution is 2.16. The fourth-order valence-electron chi connectivity index (χ4n) is 1.51. The molecule has 2 rings (SSSR count). The summed E-state index contributed by atoms with van der Waals surface area (Å²) in [6, 6.07) is 7.80. The van der Waals surface area contributed by atoms with E-state index < -0.39 is 0 Å². The Hall–Kier alpha value is -1.55. The summed E-state index contributed by atoms with van der Waals surface area (Å²) in [4.78, 5) is 4.41. The van der Waals surface area contributed by atoms with Gasteiger partial charge in [0, 0.05) is 18.3 Å². The highest BCUT2D eigenvalue weighted by Gasteiger charge is 1.99. The van der Waals surface area contributed by atoms with Gasteiger partial charge in [-0.1, -0.05) is 12.1 Å². The molecule has 1 aromatic carbocycles. The summed E-state index contributed by atoms with van der Waals surface area (Å²) in [5.74, 6) is 0. The van der Waals surface area contributed by atoms with Gasteiger partial charge in [0.15, 0.2) is 0 Å². The summed E-state index contributed by atoms with van der Waals surface area (Å²) >= 11 is 1.69. The highest BCUT2D eigenvalue weighted by atomic mass is 32.1. The predicted octanol–water partition coefficient (Wildman–Crippen LogP) is 2.69. The lowest BCUT2D eigenvalue weighted by Gasteiger charge is -2.07. The van der Waals surface area contributed by atoms with Crippen LogP contribution in [0.3, 0.4) is 0 Å². The molecule has 0 aliphatic carbocycles. The molecule has 0 saturated carbocycles. The minimum atomic E-state index is 0.789. The van der Waals surface area contributed by atoms with E-state index in [4.69, 9.17) is 5.73 Å². The van der Waals surface area contributed by atoms with E-state index in [0.717, 1.165) is 35.0 Å². The Morgan fingerprint density at radius 3 is 2.88 bits per heavy atom. The second-order valence-corrected chi connectivity index (χ2v) is 4.68. The molecule has 0 saturated heterocycles. The molecule has 0 spiro atoms. The molecule has 0 fully saturated rings. The van der Waals surface area contributed by atoms with Crippen molar-refractivity contribution in [3.8, 4) is 0 Å². The Balaban J connectivity index is 1.87. The van der Waals surface area contributed by atoms with E-state index in [1.165, 1.54) is 0 Å². The van der Waals surface area contributed by atoms with E-state index in [1.54, 1.807) is 11.3 Å². The van der Waals surface area contributed by atoms with Crippen molar-refractivity contribution < 1.29 is 0 Å². The largest absolute Gasteiger partial charge is 0.397 e. The van der Waals surface area contributed by atoms with E-state index >= 15 is 0 Å². The fourth-order valence-corrected chi connectivity index (χ4v) is 2.15. The number of aromatic nitrogens is 1. The van der Waals surface area contributed by atoms with Crippen LogP contribution in [0.4, 0.5) is 11.4 Å². The number of hydrogen-bond donors (Lipinski definition) is 2. The lowest BCUT2D eigenvalue weighted by Crippen LogP contribution is -2.06. The molecule has 3 N–H and O–H groups in total. The van der Waals surface area contributed by atoms with Gasteiger partial charge >= 0.3 is 0 Å². The number of nitrogens with one attached hydrogen (secondary N) is 1. The van der Waals surface area contributed by atoms with Gasteiger partial charge < -0.3 is 11.1 Å². The van der Waals surface area contributed by atoms with Crippen LogP contribution in [0.2, 0.25) is 0 Å². The Kier molecular flexibility index (Phi) is 3.41. The Labute approximate surface area is 99.3 Å². The van der Waals surface area contributed by atoms with Crippen LogP contribution in [0.15, 0.2) is 29.6 Å². The quantitative estimate of drug-likeness (QED) is 0.798. The average Bonchev–Trinajstić information content (AvgIpc) is 2.67. The molecule has 3 nitrogen and oxygen atoms in total. The lowest BCUT2D eigenvalue weighted by atomic mass is 10.2. The Morgan fingerprint density at radius 1 is 1.38 bits per heavy atom. The topological polar surface area (TPSA) is 50.9 Å². The van der Waals surface area contributed by atoms with Gasteiger partial charge in [-0.05, 0) is 19.1 Å². The summed E-state index contributed by atoms with van der Waals surface area (Å²) < 4.78 is 0. The molecule has 0 bridgehead atoms. The van der Waals surface area contributed by atoms with Crippen molar-refractivity contribution in [3.05, 3.63) is 40.3 Å². The molecule has 0 unspecified atom stereocenters. The van der Waals surface area contributed by atoms with Gasteiger partial charge in [0.2, 0.25) is 0 Å². The number of anilines is 2. The predicted molar refractivity (Wildman–Crippen MR) is 69.9 cm³/mol. The van der Waals surface area contributed by atoms with Gasteiger partial charge in [-0.3, -0.25) is 0 Å². The molecule has 1 aromatic heterocycles. The first-order valence-corrected chi connectivity index (χ1v) is 6.13. The van der Waals surface area contributed by atoms with Crippen LogP contribution in [0.5, 0.6) is 0 Å². The second-order valence-electron chi connectivity index (χ2n) is 3.62. The van der Waals surface area contributed by atoms with Gasteiger partial charge in [-0.15, -0.1) is 11.3 Å². The first-order valence-electron chi connectivity index (χ1n) is 5.25. The van der Waals surface area contributed by atoms with Crippen LogP contribution >= 0.6 is 11.3 Å². The molecule has 0 aliphatic rings. The zero-order chi connectivity index (χ0) is 11.4. The lowest BCUT2D eigenvalue weighted by molar-refractivity contribution is 0.969. The third-order valence-corrected chi connectivity index (χ3v) is 3.15. The van der Waals surface area contributed by atoms with E-state index in [9.17, 15) is 0 Å². The van der Waals surface area contributed by atoms with E-state index in [-0.39, 0.29) is 0 Å². The summed E-state index contributed by atoms with van der Waals surface area (Å²) in [5.41, 5.74) is 8.75. The van der Waals surface area contributed by atoms with Gasteiger partial charge in [-0.2, -0.15) is 0 Å². The van der Waals surface area contributed by atoms with Gasteiger partial charge in [0.1, 0.15) is 0 Å². The maximum Gasteiger partial charge on any atom is 0.0897 e. The average molecular weight is 233 g/mol. The van der Waals surface area contributed by atoms with Crippen LogP contribution in [0, 0.1) is 6.92 Å². The first-order chi connectivity index (χ1) is 7.75. The van der Waals surface area contributed by atoms with Crippen LogP contribution in [-0.2, 0) is 6.42 Å². The van der Waals surface area contributed by atoms with Crippen molar-refractivity contribution in [3.63, 3.8) is 0 Å². The van der Waals surface area contributed by atoms with E-state index in [2.05, 4.69) is 15.7 Å². The molecule has 4 heteroatoms. The normalized spacial score (nSPS) is 10.3. The molecule has 0 radical (unpaired) electrons. The third kappa shape index (κ3) is 2.73. The van der Waals surface area contributed by atoms with Crippen molar-refractivity contribution in [1.82, 2.24) is 4.98 Å². The van der Waals surface area contributed by atoms with Crippen molar-refractivity contribution >= 4 is 22.7 Å². The number of nitrogens with two attached hydrogens (primary N) is 1. The van der Waals surface area contributed by atoms with Crippen molar-refractivity contribution in [2.45, 2.75) is 13.3 Å². The number of benzene rings is 1. The molecule has 0 amide bonds. The maximum absolute atomic E-state index is 5.83. The number of nitrogens with zero attached hydrogens (tertiary/aromatic N) is 1. The minimum Gasteiger partial charge on any atom is -0.397 e. The number of rotatable bonds is 4. The summed E-state index contributed by atoms with van der Waals surface area (Å²) in [5, 5.41) is 6.53. The molecular formula is C12H15N3S. The number of aryl methyl sites for hydroxylation is 1. The molecule has 2 aromatic rings. The van der Waals surface area contributed by atoms with Crippen molar-refractivity contribution in [1.29, 1.82) is 0 Å². The Morgan fingerprint density at radius 2 is 2.19 bits per heavy atom. The maximum atomic E-state index is 5.83. The van der Waals surface area contributed by atoms with Crippen LogP contribution in [0.25, 0.3) is 0 Å². The third-order valence-electron chi connectivity index (χ3n) is 2.32. The van der Waals surface area contributed by atoms with Crippen molar-refractivity contribution in [2.75, 3.05) is 17.6 Å². The number of hydrogen-bond acceptors (Lipinski definition) is 4. The standard InChI is InChI=1S/C12H15N3S/c1-9-15-10(8-16-9)6-7-14-12-5-3-2-4-11(12)13/h2-5,8,14H,6-7,13H2,1H3. The second kappa shape index (κ2) is 4.99. The smallest absolute Gasteiger partial charge is 0.0897 e. The number of nitrogen functional groups attached to an aromatic ring is 1. The van der Waals surface area contributed by atoms with Gasteiger partial charge in [0.25, 0.3) is 0 Å². The van der Waals surface area contributed by atoms with Crippen LogP contribution in [-0.4, -0.2) is 11.5 Å². The molecule has 0 aliphatic heterocycles. The van der Waals surface area contributed by atoms with Crippen molar-refractivity contribution in [2.24, 2.45) is 0 Å². The minimum absolute atomic E-state index is 0.789. The summed E-state index contributed by atoms with van der Waals surface area (Å²) in [6.07, 6.45) is 0.929. The van der Waals surface area contributed by atoms with E-state index in [1.807, 2.05) is 31.2 Å². The molecule has 0 atom stereocenters. The molecule has 16 heavy (non-hydrogen) atoms. The number of thiazole rings is 1. The summed E-state index contributed by atoms with van der Waals surface area (Å²) in [7, 11) is 0. The first kappa shape index (κ1) is 11.0. The monoisotopic (exact) mass is 233 g/mol. The molecular weight excluding hydrogens is 218 g/mol.